The van der Waals surface area contributed by atoms with Gasteiger partial charge < -0.3 is 33.3 Å². The van der Waals surface area contributed by atoms with E-state index >= 15 is 4.39 Å². The highest BCUT2D eigenvalue weighted by molar-refractivity contribution is 7.39. The van der Waals surface area contributed by atoms with Gasteiger partial charge in [-0.05, 0) is 41.0 Å². The van der Waals surface area contributed by atoms with Crippen LogP contribution in [0.3, 0.4) is 0 Å². The van der Waals surface area contributed by atoms with Gasteiger partial charge in [0.1, 0.15) is 29.3 Å². The summed E-state index contributed by atoms with van der Waals surface area (Å²) >= 11 is 0. The lowest BCUT2D eigenvalue weighted by molar-refractivity contribution is -0.118. The third-order valence-corrected chi connectivity index (χ3v) is 9.02. The maximum atomic E-state index is 16.5. The Morgan fingerprint density at radius 2 is 1.59 bits per heavy atom. The summed E-state index contributed by atoms with van der Waals surface area (Å²) in [4.78, 5) is 55.9. The highest BCUT2D eigenvalue weighted by Crippen LogP contribution is 2.45. The Hall–Kier alpha value is -4.76. The van der Waals surface area contributed by atoms with Crippen LogP contribution in [0.25, 0.3) is 11.2 Å². The number of aromatic amines is 1. The number of hydrogen-bond acceptors (Lipinski definition) is 11. The van der Waals surface area contributed by atoms with Gasteiger partial charge in [0.15, 0.2) is 23.6 Å². The number of nitrogens with zero attached hydrogens (tertiary/aromatic N) is 3. The van der Waals surface area contributed by atoms with Gasteiger partial charge in [-0.3, -0.25) is 24.5 Å². The highest BCUT2D eigenvalue weighted by Gasteiger charge is 2.50. The average Bonchev–Trinajstić information content (AvgIpc) is 3.69. The van der Waals surface area contributed by atoms with E-state index < -0.39 is 56.2 Å². The van der Waals surface area contributed by atoms with E-state index in [9.17, 15) is 19.4 Å². The third-order valence-electron chi connectivity index (χ3n) is 8.59. The standard InChI is InChI=1S/C35H37FN5O9P/c1-20(2)31(42)39-34-38-30-28(32(43)40-34)37-19-41(30)33-29(50-51(44)45)27(36)26(49-33)18-48-35(21-8-6-5-7-9-21,22-10-14-24(46-3)15-11-22)23-12-16-25(47-4)17-13-23/h5-17,19-20,26-27,29,33,44-45H,18H2,1-4H3,(H2,38,39,40,42,43)/t26-,27+,29-,33-/m1/s1. The number of H-pyrrole nitrogens is 1. The minimum atomic E-state index is -3.05. The number of carbonyl (C=O) groups is 1. The van der Waals surface area contributed by atoms with Crippen molar-refractivity contribution in [2.75, 3.05) is 26.1 Å². The van der Waals surface area contributed by atoms with E-state index in [4.69, 9.17) is 23.5 Å². The molecule has 2 aromatic heterocycles. The summed E-state index contributed by atoms with van der Waals surface area (Å²) in [6.45, 7) is 2.99. The van der Waals surface area contributed by atoms with Gasteiger partial charge >= 0.3 is 8.60 Å². The molecule has 16 heteroatoms. The van der Waals surface area contributed by atoms with E-state index in [0.29, 0.717) is 22.6 Å². The predicted molar refractivity (Wildman–Crippen MR) is 185 cm³/mol. The second-order valence-corrected chi connectivity index (χ2v) is 12.7. The van der Waals surface area contributed by atoms with Gasteiger partial charge in [-0.2, -0.15) is 4.98 Å². The summed E-state index contributed by atoms with van der Waals surface area (Å²) in [6, 6.07) is 24.0. The molecule has 0 bridgehead atoms. The zero-order valence-electron chi connectivity index (χ0n) is 28.1. The largest absolute Gasteiger partial charge is 0.497 e. The average molecular weight is 722 g/mol. The summed E-state index contributed by atoms with van der Waals surface area (Å²) in [5, 5.41) is 2.54. The molecular formula is C35H37FN5O9P. The molecule has 0 saturated carbocycles. The van der Waals surface area contributed by atoms with Gasteiger partial charge in [-0.1, -0.05) is 68.4 Å². The van der Waals surface area contributed by atoms with Gasteiger partial charge in [0.2, 0.25) is 11.9 Å². The number of amides is 1. The molecule has 268 valence electrons. The van der Waals surface area contributed by atoms with Crippen LogP contribution in [0.4, 0.5) is 10.3 Å². The summed E-state index contributed by atoms with van der Waals surface area (Å²) < 4.78 is 46.9. The first kappa shape index (κ1) is 36.0. The molecule has 1 fully saturated rings. The van der Waals surface area contributed by atoms with Crippen LogP contribution in [0.2, 0.25) is 0 Å². The maximum Gasteiger partial charge on any atom is 0.327 e. The lowest BCUT2D eigenvalue weighted by Crippen LogP contribution is -2.38. The molecule has 0 unspecified atom stereocenters. The SMILES string of the molecule is COc1ccc(C(OC[C@H]2O[C@@H](n3cnc4c(=O)[nH]c(NC(=O)C(C)C)nc43)[C@H](OP(O)O)[C@H]2F)(c2ccccc2)c2ccc(OC)cc2)cc1. The maximum absolute atomic E-state index is 16.5. The molecule has 51 heavy (non-hydrogen) atoms. The normalized spacial score (nSPS) is 19.2. The van der Waals surface area contributed by atoms with Crippen LogP contribution >= 0.6 is 8.60 Å². The number of nitrogens with one attached hydrogen (secondary N) is 2. The zero-order valence-corrected chi connectivity index (χ0v) is 29.0. The highest BCUT2D eigenvalue weighted by atomic mass is 31.2. The minimum Gasteiger partial charge on any atom is -0.497 e. The number of alkyl halides is 1. The van der Waals surface area contributed by atoms with Crippen LogP contribution in [0, 0.1) is 5.92 Å². The Kier molecular flexibility index (Phi) is 10.8. The van der Waals surface area contributed by atoms with E-state index in [-0.39, 0.29) is 23.7 Å². The number of fused-ring (bicyclic) bond motifs is 1. The fraction of sp³-hybridized carbons (Fsp3) is 0.314. The third kappa shape index (κ3) is 7.22. The molecule has 1 saturated heterocycles. The minimum absolute atomic E-state index is 0.0551. The molecule has 0 spiro atoms. The van der Waals surface area contributed by atoms with Crippen molar-refractivity contribution in [3.05, 3.63) is 112 Å². The van der Waals surface area contributed by atoms with E-state index in [1.54, 1.807) is 52.3 Å². The quantitative estimate of drug-likeness (QED) is 0.0989. The van der Waals surface area contributed by atoms with E-state index in [2.05, 4.69) is 20.3 Å². The number of aromatic nitrogens is 4. The lowest BCUT2D eigenvalue weighted by Gasteiger charge is -2.37. The van der Waals surface area contributed by atoms with Crippen molar-refractivity contribution >= 4 is 31.6 Å². The number of halogens is 1. The van der Waals surface area contributed by atoms with Crippen molar-refractivity contribution in [1.29, 1.82) is 0 Å². The van der Waals surface area contributed by atoms with Gasteiger partial charge in [0.25, 0.3) is 5.56 Å². The Morgan fingerprint density at radius 3 is 2.14 bits per heavy atom. The fourth-order valence-electron chi connectivity index (χ4n) is 5.99. The molecule has 4 atom stereocenters. The summed E-state index contributed by atoms with van der Waals surface area (Å²) in [5.74, 6) is 0.283. The zero-order chi connectivity index (χ0) is 36.3. The number of imidazole rings is 1. The first-order valence-corrected chi connectivity index (χ1v) is 17.1. The van der Waals surface area contributed by atoms with Crippen LogP contribution in [-0.2, 0) is 24.4 Å². The molecule has 1 amide bonds. The molecule has 1 aliphatic rings. The first-order chi connectivity index (χ1) is 24.5. The molecule has 3 heterocycles. The molecule has 6 rings (SSSR count). The van der Waals surface area contributed by atoms with Gasteiger partial charge in [-0.25, -0.2) is 9.37 Å². The monoisotopic (exact) mass is 721 g/mol. The predicted octanol–water partition coefficient (Wildman–Crippen LogP) is 4.57. The lowest BCUT2D eigenvalue weighted by atomic mass is 9.80. The number of anilines is 1. The fourth-order valence-corrected chi connectivity index (χ4v) is 6.43. The van der Waals surface area contributed by atoms with E-state index in [1.807, 2.05) is 54.6 Å². The van der Waals surface area contributed by atoms with E-state index in [0.717, 1.165) is 5.56 Å². The topological polar surface area (TPSA) is 179 Å². The number of carbonyl (C=O) groups excluding carboxylic acids is 1. The second-order valence-electron chi connectivity index (χ2n) is 12.0. The molecule has 5 aromatic rings. The van der Waals surface area contributed by atoms with Crippen LogP contribution in [0.15, 0.2) is 90.0 Å². The van der Waals surface area contributed by atoms with Crippen molar-refractivity contribution < 1.29 is 42.4 Å². The molecule has 1 aliphatic heterocycles. The van der Waals surface area contributed by atoms with Crippen molar-refractivity contribution in [3.63, 3.8) is 0 Å². The Morgan fingerprint density at radius 1 is 1.00 bits per heavy atom. The van der Waals surface area contributed by atoms with E-state index in [1.165, 1.54) is 10.9 Å². The number of hydrogen-bond donors (Lipinski definition) is 4. The molecule has 0 aliphatic carbocycles. The van der Waals surface area contributed by atoms with Gasteiger partial charge in [0.05, 0.1) is 27.2 Å². The second kappa shape index (κ2) is 15.2. The van der Waals surface area contributed by atoms with Gasteiger partial charge in [0, 0.05) is 5.92 Å². The first-order valence-electron chi connectivity index (χ1n) is 16.0. The van der Waals surface area contributed by atoms with Crippen molar-refractivity contribution in [2.24, 2.45) is 5.92 Å². The van der Waals surface area contributed by atoms with Crippen molar-refractivity contribution in [3.8, 4) is 11.5 Å². The molecular weight excluding hydrogens is 684 g/mol. The molecule has 3 aromatic carbocycles. The summed E-state index contributed by atoms with van der Waals surface area (Å²) in [6.07, 6.45) is -5.04. The number of rotatable bonds is 13. The molecule has 4 N–H and O–H groups in total. The van der Waals surface area contributed by atoms with Crippen LogP contribution in [0.1, 0.15) is 36.8 Å². The Balaban J connectivity index is 1.40. The number of benzene rings is 3. The Bertz CT molecular complexity index is 1960. The molecule has 14 nitrogen and oxygen atoms in total. The summed E-state index contributed by atoms with van der Waals surface area (Å²) in [5.41, 5.74) is -0.0144. The number of ether oxygens (including phenoxy) is 4. The molecule has 0 radical (unpaired) electrons. The summed E-state index contributed by atoms with van der Waals surface area (Å²) in [7, 11) is 0.0818. The Labute approximate surface area is 293 Å². The van der Waals surface area contributed by atoms with Crippen LogP contribution < -0.4 is 20.3 Å². The smallest absolute Gasteiger partial charge is 0.327 e. The van der Waals surface area contributed by atoms with Crippen LogP contribution in [-0.4, -0.2) is 74.4 Å². The van der Waals surface area contributed by atoms with Crippen molar-refractivity contribution in [1.82, 2.24) is 19.5 Å². The van der Waals surface area contributed by atoms with Gasteiger partial charge in [-0.15, -0.1) is 0 Å². The van der Waals surface area contributed by atoms with Crippen molar-refractivity contribution in [2.45, 2.75) is 44.1 Å². The number of methoxy groups -OCH3 is 2. The van der Waals surface area contributed by atoms with Crippen LogP contribution in [0.5, 0.6) is 11.5 Å².